The number of ether oxygens (including phenoxy) is 11. The molecular weight excluding hydrogens is 1020 g/mol. The number of hydrogen-bond acceptors (Lipinski definition) is 22. The molecule has 0 aromatic carbocycles. The minimum absolute atomic E-state index is 0.00442. The number of aliphatic hydroxyl groups is 2. The van der Waals surface area contributed by atoms with Crippen molar-refractivity contribution in [2.24, 2.45) is 11.8 Å². The quantitative estimate of drug-likeness (QED) is 0.0349. The number of Topliss-reactive ketones (excluding diaryl/α,β-unsaturated/α-hetero) is 2. The number of carbonyl (C=O) groups is 6. The van der Waals surface area contributed by atoms with Crippen LogP contribution in [0.4, 0.5) is 0 Å². The van der Waals surface area contributed by atoms with Gasteiger partial charge < -0.3 is 78.3 Å². The van der Waals surface area contributed by atoms with Gasteiger partial charge in [0.1, 0.15) is 29.6 Å². The topological polar surface area (TPSA) is 314 Å². The highest BCUT2D eigenvalue weighted by Gasteiger charge is 2.44. The Hall–Kier alpha value is -3.42. The summed E-state index contributed by atoms with van der Waals surface area (Å²) in [6.45, 7) is 8.71. The lowest BCUT2D eigenvalue weighted by atomic mass is 9.98. The van der Waals surface area contributed by atoms with Crippen LogP contribution in [0, 0.1) is 11.8 Å². The molecule has 1 rings (SSSR count). The van der Waals surface area contributed by atoms with E-state index >= 15 is 0 Å². The van der Waals surface area contributed by atoms with Crippen LogP contribution in [-0.4, -0.2) is 242 Å². The zero-order chi connectivity index (χ0) is 56.6. The van der Waals surface area contributed by atoms with E-state index in [0.29, 0.717) is 105 Å². The van der Waals surface area contributed by atoms with E-state index in [0.717, 1.165) is 0 Å². The van der Waals surface area contributed by atoms with Crippen LogP contribution in [0.1, 0.15) is 90.9 Å². The molecule has 0 aliphatic carbocycles. The molecule has 4 amide bonds. The van der Waals surface area contributed by atoms with Crippen molar-refractivity contribution in [1.82, 2.24) is 26.5 Å². The number of carbonyl (C=O) groups excluding carboxylic acids is 6. The second-order valence-corrected chi connectivity index (χ2v) is 18.3. The smallest absolute Gasteiger partial charge is 0.243 e. The van der Waals surface area contributed by atoms with Crippen molar-refractivity contribution in [1.29, 1.82) is 0 Å². The van der Waals surface area contributed by atoms with E-state index in [1.807, 2.05) is 13.8 Å². The second kappa shape index (κ2) is 48.5. The molecule has 0 saturated carbocycles. The number of hydrogen-bond donors (Lipinski definition) is 6. The molecule has 1 saturated heterocycles. The zero-order valence-corrected chi connectivity index (χ0v) is 46.7. The van der Waals surface area contributed by atoms with E-state index in [1.54, 1.807) is 21.3 Å². The summed E-state index contributed by atoms with van der Waals surface area (Å²) in [4.78, 5) is 86.3. The van der Waals surface area contributed by atoms with Gasteiger partial charge in [-0.3, -0.25) is 38.4 Å². The Morgan fingerprint density at radius 3 is 1.34 bits per heavy atom. The maximum Gasteiger partial charge on any atom is 0.243 e. The van der Waals surface area contributed by atoms with Gasteiger partial charge in [0.25, 0.3) is 0 Å². The Morgan fingerprint density at radius 1 is 0.416 bits per heavy atom. The molecule has 0 radical (unpaired) electrons. The molecule has 0 bridgehead atoms. The third kappa shape index (κ3) is 38.8. The van der Waals surface area contributed by atoms with Crippen LogP contribution in [0.15, 0.2) is 0 Å². The predicted octanol–water partition coefficient (Wildman–Crippen LogP) is 0.169. The number of aliphatic hydroxyl groups excluding tert-OH is 2. The molecule has 1 heterocycles. The molecule has 6 N–H and O–H groups in total. The Bertz CT molecular complexity index is 1440. The van der Waals surface area contributed by atoms with Gasteiger partial charge in [0.15, 0.2) is 0 Å². The van der Waals surface area contributed by atoms with Crippen LogP contribution in [-0.2, 0) is 90.5 Å². The SMILES string of the molecule is COCCOCCCC(=O)CCOCC(COCCC(=O)CCCOCCOC)(COCCC(=O)NCCOCCOC)NC(=O)CCOCCOCCNC(=O)CCCC(=O)NOCCCON1C(O)[C@@H](C)[C@@H](C)C1O. The largest absolute Gasteiger partial charge is 0.382 e. The van der Waals surface area contributed by atoms with E-state index in [2.05, 4.69) is 21.4 Å². The van der Waals surface area contributed by atoms with Gasteiger partial charge in [0, 0.05) is 111 Å². The maximum absolute atomic E-state index is 13.5. The van der Waals surface area contributed by atoms with Gasteiger partial charge in [0.05, 0.1) is 126 Å². The fraction of sp³-hybridized carbons (Fsp3) is 0.882. The summed E-state index contributed by atoms with van der Waals surface area (Å²) in [7, 11) is 4.74. The fourth-order valence-corrected chi connectivity index (χ4v) is 7.05. The number of nitrogens with one attached hydrogen (secondary N) is 4. The van der Waals surface area contributed by atoms with Crippen LogP contribution >= 0.6 is 0 Å². The molecule has 4 atom stereocenters. The zero-order valence-electron chi connectivity index (χ0n) is 46.7. The normalized spacial score (nSPS) is 16.7. The standard InChI is InChI=1S/C51H95N5O21/c1-41-42(2)50(64)56(49(41)63)77-23-9-22-76-55-48(62)13-6-12-45(59)52-18-29-72-37-36-70-26-17-47(61)54-51(38-73-24-14-43(57)10-7-20-68-33-30-65-3,39-74-25-15-44(58)11-8-21-69-34-31-66-4)40-75-27-16-46(60)53-19-28-71-35-32-67-5/h41-42,49-50,63-64H,6-40H2,1-5H3,(H,52,59)(H,53,60)(H,54,61)(H,55,62)/t41-,42+,49?,50?. The highest BCUT2D eigenvalue weighted by Crippen LogP contribution is 2.32. The highest BCUT2D eigenvalue weighted by atomic mass is 16.7. The monoisotopic (exact) mass is 1110 g/mol. The van der Waals surface area contributed by atoms with Crippen LogP contribution in [0.25, 0.3) is 0 Å². The minimum atomic E-state index is -1.28. The first-order valence-corrected chi connectivity index (χ1v) is 26.9. The van der Waals surface area contributed by atoms with Gasteiger partial charge in [-0.1, -0.05) is 13.8 Å². The van der Waals surface area contributed by atoms with E-state index in [-0.39, 0.29) is 165 Å². The molecule has 26 heteroatoms. The van der Waals surface area contributed by atoms with Crippen molar-refractivity contribution in [2.75, 3.05) is 173 Å². The summed E-state index contributed by atoms with van der Waals surface area (Å²) in [5.41, 5.74) is 1.04. The number of nitrogens with zero attached hydrogens (tertiary/aromatic N) is 1. The van der Waals surface area contributed by atoms with Crippen LogP contribution in [0.3, 0.4) is 0 Å². The van der Waals surface area contributed by atoms with Gasteiger partial charge in [-0.2, -0.15) is 0 Å². The molecule has 450 valence electrons. The van der Waals surface area contributed by atoms with Crippen molar-refractivity contribution in [2.45, 2.75) is 109 Å². The first-order valence-electron chi connectivity index (χ1n) is 26.9. The summed E-state index contributed by atoms with van der Waals surface area (Å²) in [6, 6.07) is 0. The third-order valence-electron chi connectivity index (χ3n) is 11.7. The van der Waals surface area contributed by atoms with E-state index in [1.165, 1.54) is 5.06 Å². The lowest BCUT2D eigenvalue weighted by Crippen LogP contribution is -2.59. The summed E-state index contributed by atoms with van der Waals surface area (Å²) in [5.74, 6) is -1.62. The Morgan fingerprint density at radius 2 is 0.831 bits per heavy atom. The van der Waals surface area contributed by atoms with Gasteiger partial charge in [-0.15, -0.1) is 5.06 Å². The number of methoxy groups -OCH3 is 3. The maximum atomic E-state index is 13.5. The first-order chi connectivity index (χ1) is 37.3. The summed E-state index contributed by atoms with van der Waals surface area (Å²) < 4.78 is 60.4. The van der Waals surface area contributed by atoms with E-state index < -0.39 is 23.9 Å². The van der Waals surface area contributed by atoms with Crippen molar-refractivity contribution >= 4 is 35.2 Å². The van der Waals surface area contributed by atoms with Gasteiger partial charge in [0.2, 0.25) is 23.6 Å². The van der Waals surface area contributed by atoms with Crippen LogP contribution in [0.2, 0.25) is 0 Å². The molecule has 1 fully saturated rings. The minimum Gasteiger partial charge on any atom is -0.382 e. The fourth-order valence-electron chi connectivity index (χ4n) is 7.05. The predicted molar refractivity (Wildman–Crippen MR) is 277 cm³/mol. The number of amides is 4. The Balaban J connectivity index is 2.61. The summed E-state index contributed by atoms with van der Waals surface area (Å²) >= 11 is 0. The van der Waals surface area contributed by atoms with E-state index in [9.17, 15) is 39.0 Å². The molecule has 26 nitrogen and oxygen atoms in total. The first kappa shape index (κ1) is 71.6. The summed E-state index contributed by atoms with van der Waals surface area (Å²) in [6.07, 6.45) is 1.02. The second-order valence-electron chi connectivity index (χ2n) is 18.3. The van der Waals surface area contributed by atoms with Crippen molar-refractivity contribution in [3.05, 3.63) is 0 Å². The third-order valence-corrected chi connectivity index (χ3v) is 11.7. The van der Waals surface area contributed by atoms with Crippen LogP contribution < -0.4 is 21.4 Å². The lowest BCUT2D eigenvalue weighted by molar-refractivity contribution is -0.282. The van der Waals surface area contributed by atoms with E-state index in [4.69, 9.17) is 61.8 Å². The molecule has 2 unspecified atom stereocenters. The van der Waals surface area contributed by atoms with Gasteiger partial charge in [-0.05, 0) is 25.7 Å². The average Bonchev–Trinajstić information content (AvgIpc) is 3.59. The highest BCUT2D eigenvalue weighted by molar-refractivity contribution is 5.79. The molecule has 0 aromatic heterocycles. The van der Waals surface area contributed by atoms with Gasteiger partial charge >= 0.3 is 0 Å². The molecule has 77 heavy (non-hydrogen) atoms. The molecular formula is C51H95N5O21. The molecule has 0 spiro atoms. The molecule has 1 aliphatic heterocycles. The molecule has 0 aromatic rings. The summed E-state index contributed by atoms with van der Waals surface area (Å²) in [5, 5.41) is 30.0. The van der Waals surface area contributed by atoms with Crippen molar-refractivity contribution in [3.8, 4) is 0 Å². The van der Waals surface area contributed by atoms with Crippen LogP contribution in [0.5, 0.6) is 0 Å². The lowest BCUT2D eigenvalue weighted by Gasteiger charge is -2.34. The van der Waals surface area contributed by atoms with Gasteiger partial charge in [-0.25, -0.2) is 5.48 Å². The number of hydroxylamine groups is 3. The van der Waals surface area contributed by atoms with Crippen molar-refractivity contribution < 1.29 is 101 Å². The molecule has 1 aliphatic rings. The number of rotatable bonds is 55. The Kier molecular flexibility index (Phi) is 45.1. The Labute approximate surface area is 455 Å². The van der Waals surface area contributed by atoms with Crippen molar-refractivity contribution in [3.63, 3.8) is 0 Å². The number of ketones is 2. The average molecular weight is 1110 g/mol.